The molecule has 0 aliphatic heterocycles. The highest BCUT2D eigenvalue weighted by molar-refractivity contribution is 7.10. The van der Waals surface area contributed by atoms with Crippen molar-refractivity contribution in [1.29, 1.82) is 0 Å². The molecular weight excluding hydrogens is 208 g/mol. The van der Waals surface area contributed by atoms with E-state index in [-0.39, 0.29) is 17.9 Å². The number of nitrogens with zero attached hydrogens (tertiary/aromatic N) is 1. The largest absolute Gasteiger partial charge is 0.338 e. The summed E-state index contributed by atoms with van der Waals surface area (Å²) in [4.78, 5) is 14.8. The van der Waals surface area contributed by atoms with Crippen molar-refractivity contribution in [2.45, 2.75) is 19.9 Å². The van der Waals surface area contributed by atoms with Crippen LogP contribution in [0.3, 0.4) is 0 Å². The van der Waals surface area contributed by atoms with Crippen LogP contribution < -0.4 is 5.73 Å². The molecule has 4 heteroatoms. The van der Waals surface area contributed by atoms with E-state index in [1.54, 1.807) is 16.2 Å². The summed E-state index contributed by atoms with van der Waals surface area (Å²) in [6.45, 7) is 4.30. The number of rotatable bonds is 4. The Morgan fingerprint density at radius 2 is 2.27 bits per heavy atom. The van der Waals surface area contributed by atoms with E-state index in [1.165, 1.54) is 4.88 Å². The molecule has 1 rings (SSSR count). The molecule has 1 aromatic rings. The summed E-state index contributed by atoms with van der Waals surface area (Å²) in [6, 6.07) is 4.18. The van der Waals surface area contributed by atoms with Gasteiger partial charge in [0.15, 0.2) is 0 Å². The lowest BCUT2D eigenvalue weighted by Crippen LogP contribution is -2.36. The van der Waals surface area contributed by atoms with Gasteiger partial charge >= 0.3 is 0 Å². The highest BCUT2D eigenvalue weighted by atomic mass is 32.1. The zero-order valence-electron chi connectivity index (χ0n) is 9.43. The van der Waals surface area contributed by atoms with Gasteiger partial charge in [-0.1, -0.05) is 13.0 Å². The van der Waals surface area contributed by atoms with Gasteiger partial charge in [0.2, 0.25) is 5.91 Å². The number of hydrogen-bond acceptors (Lipinski definition) is 3. The number of thiophene rings is 1. The van der Waals surface area contributed by atoms with E-state index < -0.39 is 0 Å². The lowest BCUT2D eigenvalue weighted by atomic mass is 10.1. The fourth-order valence-corrected chi connectivity index (χ4v) is 2.19. The fourth-order valence-electron chi connectivity index (χ4n) is 1.36. The Kier molecular flexibility index (Phi) is 4.29. The van der Waals surface area contributed by atoms with Crippen molar-refractivity contribution in [3.05, 3.63) is 22.4 Å². The van der Waals surface area contributed by atoms with Crippen molar-refractivity contribution in [2.24, 2.45) is 11.7 Å². The van der Waals surface area contributed by atoms with E-state index in [1.807, 2.05) is 38.4 Å². The summed E-state index contributed by atoms with van der Waals surface area (Å²) in [7, 11) is 1.83. The Bertz CT molecular complexity index is 310. The summed E-state index contributed by atoms with van der Waals surface area (Å²) in [5.41, 5.74) is 5.48. The molecule has 2 N–H and O–H groups in total. The van der Waals surface area contributed by atoms with Crippen molar-refractivity contribution in [2.75, 3.05) is 13.6 Å². The standard InChI is InChI=1S/C11H18N2OS/c1-8(7-12)11(14)13(3)9(2)10-5-4-6-15-10/h4-6,8-9H,7,12H2,1-3H3. The smallest absolute Gasteiger partial charge is 0.226 e. The monoisotopic (exact) mass is 226 g/mol. The number of carbonyl (C=O) groups excluding carboxylic acids is 1. The van der Waals surface area contributed by atoms with Gasteiger partial charge < -0.3 is 10.6 Å². The molecule has 3 nitrogen and oxygen atoms in total. The summed E-state index contributed by atoms with van der Waals surface area (Å²) < 4.78 is 0. The SMILES string of the molecule is CC(CN)C(=O)N(C)C(C)c1cccs1. The molecule has 84 valence electrons. The van der Waals surface area contributed by atoms with Gasteiger partial charge in [-0.2, -0.15) is 0 Å². The van der Waals surface area contributed by atoms with Gasteiger partial charge in [0, 0.05) is 24.4 Å². The summed E-state index contributed by atoms with van der Waals surface area (Å²) in [5, 5.41) is 2.02. The highest BCUT2D eigenvalue weighted by Gasteiger charge is 2.21. The molecule has 2 atom stereocenters. The summed E-state index contributed by atoms with van der Waals surface area (Å²) >= 11 is 1.67. The van der Waals surface area contributed by atoms with E-state index in [0.29, 0.717) is 6.54 Å². The van der Waals surface area contributed by atoms with Crippen LogP contribution in [-0.2, 0) is 4.79 Å². The minimum atomic E-state index is -0.0996. The van der Waals surface area contributed by atoms with E-state index >= 15 is 0 Å². The van der Waals surface area contributed by atoms with Crippen LogP contribution in [-0.4, -0.2) is 24.4 Å². The molecule has 0 aromatic carbocycles. The fraction of sp³-hybridized carbons (Fsp3) is 0.545. The molecular formula is C11H18N2OS. The molecule has 0 aliphatic rings. The Morgan fingerprint density at radius 1 is 1.60 bits per heavy atom. The first-order valence-electron chi connectivity index (χ1n) is 5.08. The molecule has 1 amide bonds. The number of nitrogens with two attached hydrogens (primary N) is 1. The first kappa shape index (κ1) is 12.2. The molecule has 1 heterocycles. The minimum absolute atomic E-state index is 0.0996. The van der Waals surface area contributed by atoms with Crippen LogP contribution in [0.2, 0.25) is 0 Å². The van der Waals surface area contributed by atoms with E-state index in [9.17, 15) is 4.79 Å². The van der Waals surface area contributed by atoms with Crippen LogP contribution in [0.5, 0.6) is 0 Å². The first-order valence-corrected chi connectivity index (χ1v) is 5.96. The maximum Gasteiger partial charge on any atom is 0.226 e. The third kappa shape index (κ3) is 2.79. The molecule has 0 saturated carbocycles. The Balaban J connectivity index is 2.68. The van der Waals surface area contributed by atoms with Crippen molar-refractivity contribution in [1.82, 2.24) is 4.90 Å². The zero-order chi connectivity index (χ0) is 11.4. The maximum atomic E-state index is 11.9. The van der Waals surface area contributed by atoms with E-state index in [4.69, 9.17) is 5.73 Å². The second kappa shape index (κ2) is 5.28. The predicted molar refractivity (Wildman–Crippen MR) is 63.7 cm³/mol. The average Bonchev–Trinajstić information content (AvgIpc) is 2.78. The second-order valence-corrected chi connectivity index (χ2v) is 4.76. The van der Waals surface area contributed by atoms with Gasteiger partial charge in [-0.25, -0.2) is 0 Å². The lowest BCUT2D eigenvalue weighted by Gasteiger charge is -2.26. The normalized spacial score (nSPS) is 14.7. The van der Waals surface area contributed by atoms with Gasteiger partial charge in [0.1, 0.15) is 0 Å². The molecule has 0 fully saturated rings. The quantitative estimate of drug-likeness (QED) is 0.852. The highest BCUT2D eigenvalue weighted by Crippen LogP contribution is 2.24. The Morgan fingerprint density at radius 3 is 2.73 bits per heavy atom. The molecule has 1 aromatic heterocycles. The van der Waals surface area contributed by atoms with Crippen molar-refractivity contribution < 1.29 is 4.79 Å². The van der Waals surface area contributed by atoms with Crippen LogP contribution >= 0.6 is 11.3 Å². The topological polar surface area (TPSA) is 46.3 Å². The van der Waals surface area contributed by atoms with E-state index in [2.05, 4.69) is 0 Å². The van der Waals surface area contributed by atoms with Gasteiger partial charge in [-0.05, 0) is 18.4 Å². The number of hydrogen-bond donors (Lipinski definition) is 1. The van der Waals surface area contributed by atoms with Gasteiger partial charge in [-0.15, -0.1) is 11.3 Å². The average molecular weight is 226 g/mol. The second-order valence-electron chi connectivity index (χ2n) is 3.78. The van der Waals surface area contributed by atoms with Crippen LogP contribution in [0.15, 0.2) is 17.5 Å². The Labute approximate surface area is 94.9 Å². The zero-order valence-corrected chi connectivity index (χ0v) is 10.3. The van der Waals surface area contributed by atoms with Crippen LogP contribution in [0.4, 0.5) is 0 Å². The van der Waals surface area contributed by atoms with Crippen molar-refractivity contribution in [3.8, 4) is 0 Å². The molecule has 0 radical (unpaired) electrons. The van der Waals surface area contributed by atoms with Crippen molar-refractivity contribution in [3.63, 3.8) is 0 Å². The molecule has 15 heavy (non-hydrogen) atoms. The lowest BCUT2D eigenvalue weighted by molar-refractivity contribution is -0.135. The van der Waals surface area contributed by atoms with Crippen molar-refractivity contribution >= 4 is 17.2 Å². The van der Waals surface area contributed by atoms with Crippen LogP contribution in [0.1, 0.15) is 24.8 Å². The maximum absolute atomic E-state index is 11.9. The molecule has 2 unspecified atom stereocenters. The third-order valence-corrected chi connectivity index (χ3v) is 3.70. The summed E-state index contributed by atoms with van der Waals surface area (Å²) in [6.07, 6.45) is 0. The number of carbonyl (C=O) groups is 1. The molecule has 0 aliphatic carbocycles. The van der Waals surface area contributed by atoms with Crippen LogP contribution in [0.25, 0.3) is 0 Å². The number of amides is 1. The van der Waals surface area contributed by atoms with Gasteiger partial charge in [0.05, 0.1) is 6.04 Å². The molecule has 0 saturated heterocycles. The summed E-state index contributed by atoms with van der Waals surface area (Å²) in [5.74, 6) is 0.0100. The van der Waals surface area contributed by atoms with Gasteiger partial charge in [-0.3, -0.25) is 4.79 Å². The molecule has 0 bridgehead atoms. The van der Waals surface area contributed by atoms with Gasteiger partial charge in [0.25, 0.3) is 0 Å². The third-order valence-electron chi connectivity index (χ3n) is 2.66. The Hall–Kier alpha value is -0.870. The van der Waals surface area contributed by atoms with Crippen LogP contribution in [0, 0.1) is 5.92 Å². The van der Waals surface area contributed by atoms with E-state index in [0.717, 1.165) is 0 Å². The molecule has 0 spiro atoms. The predicted octanol–water partition coefficient (Wildman–Crippen LogP) is 1.86. The minimum Gasteiger partial charge on any atom is -0.338 e. The first-order chi connectivity index (χ1) is 7.07.